The molecule has 0 heterocycles. The summed E-state index contributed by atoms with van der Waals surface area (Å²) in [6, 6.07) is 10.2. The second-order valence-corrected chi connectivity index (χ2v) is 5.10. The summed E-state index contributed by atoms with van der Waals surface area (Å²) in [7, 11) is 1.80. The number of hydrogen-bond acceptors (Lipinski definition) is 3. The molecule has 5 heteroatoms. The van der Waals surface area contributed by atoms with Crippen molar-refractivity contribution in [3.8, 4) is 5.75 Å². The minimum atomic E-state index is -0.396. The first-order valence-corrected chi connectivity index (χ1v) is 6.82. The second kappa shape index (κ2) is 6.52. The lowest BCUT2D eigenvalue weighted by Gasteiger charge is -2.10. The van der Waals surface area contributed by atoms with Gasteiger partial charge in [0.05, 0.1) is 0 Å². The predicted molar refractivity (Wildman–Crippen MR) is 82.3 cm³/mol. The minimum Gasteiger partial charge on any atom is -0.486 e. The summed E-state index contributed by atoms with van der Waals surface area (Å²) in [6.45, 7) is 0.248. The Morgan fingerprint density at radius 3 is 2.80 bits per heavy atom. The summed E-state index contributed by atoms with van der Waals surface area (Å²) in [4.78, 5) is 0. The zero-order valence-electron chi connectivity index (χ0n) is 10.9. The molecular weight excluding hydrogens is 323 g/mol. The van der Waals surface area contributed by atoms with Gasteiger partial charge in [0.2, 0.25) is 0 Å². The molecule has 0 unspecified atom stereocenters. The number of nitrogens with one attached hydrogen (secondary N) is 2. The maximum Gasteiger partial charge on any atom is 0.165 e. The van der Waals surface area contributed by atoms with Crippen LogP contribution in [0.4, 0.5) is 10.1 Å². The third-order valence-corrected chi connectivity index (χ3v) is 3.32. The number of anilines is 1. The Bertz CT molecular complexity index is 631. The molecule has 2 aromatic carbocycles. The van der Waals surface area contributed by atoms with Gasteiger partial charge in [0.25, 0.3) is 0 Å². The first-order valence-electron chi connectivity index (χ1n) is 6.03. The molecule has 2 N–H and O–H groups in total. The minimum absolute atomic E-state index is 0.202. The van der Waals surface area contributed by atoms with E-state index in [-0.39, 0.29) is 12.4 Å². The average molecular weight is 337 g/mol. The smallest absolute Gasteiger partial charge is 0.165 e. The van der Waals surface area contributed by atoms with Crippen molar-refractivity contribution in [2.75, 3.05) is 12.4 Å². The lowest BCUT2D eigenvalue weighted by molar-refractivity contribution is 0.290. The SMILES string of the molecule is CNc1ccc(COc2cc(Br)ccc2F)cc1C=N. The third kappa shape index (κ3) is 3.36. The van der Waals surface area contributed by atoms with E-state index in [1.807, 2.05) is 18.2 Å². The summed E-state index contributed by atoms with van der Waals surface area (Å²) in [5.74, 6) is -0.194. The third-order valence-electron chi connectivity index (χ3n) is 2.83. The van der Waals surface area contributed by atoms with Crippen molar-refractivity contribution >= 4 is 27.8 Å². The molecule has 0 saturated carbocycles. The predicted octanol–water partition coefficient (Wildman–Crippen LogP) is 4.21. The van der Waals surface area contributed by atoms with Crippen LogP contribution >= 0.6 is 15.9 Å². The normalized spacial score (nSPS) is 10.2. The molecule has 3 nitrogen and oxygen atoms in total. The number of hydrogen-bond donors (Lipinski definition) is 2. The van der Waals surface area contributed by atoms with Gasteiger partial charge in [0.15, 0.2) is 11.6 Å². The summed E-state index contributed by atoms with van der Waals surface area (Å²) in [5.41, 5.74) is 2.52. The number of halogens is 2. The van der Waals surface area contributed by atoms with E-state index in [2.05, 4.69) is 21.2 Å². The van der Waals surface area contributed by atoms with Gasteiger partial charge in [-0.15, -0.1) is 0 Å². The van der Waals surface area contributed by atoms with Gasteiger partial charge >= 0.3 is 0 Å². The molecule has 0 spiro atoms. The lowest BCUT2D eigenvalue weighted by atomic mass is 10.1. The van der Waals surface area contributed by atoms with E-state index in [1.54, 1.807) is 19.2 Å². The van der Waals surface area contributed by atoms with Crippen molar-refractivity contribution in [3.05, 3.63) is 57.8 Å². The molecule has 0 atom stereocenters. The Labute approximate surface area is 125 Å². The molecule has 104 valence electrons. The van der Waals surface area contributed by atoms with Crippen LogP contribution in [-0.4, -0.2) is 13.3 Å². The molecule has 0 bridgehead atoms. The van der Waals surface area contributed by atoms with Crippen LogP contribution in [0.25, 0.3) is 0 Å². The fraction of sp³-hybridized carbons (Fsp3) is 0.133. The van der Waals surface area contributed by atoms with Crippen LogP contribution in [-0.2, 0) is 6.61 Å². The van der Waals surface area contributed by atoms with E-state index in [4.69, 9.17) is 10.1 Å². The number of ether oxygens (including phenoxy) is 1. The highest BCUT2D eigenvalue weighted by atomic mass is 79.9. The van der Waals surface area contributed by atoms with Crippen molar-refractivity contribution in [1.29, 1.82) is 5.41 Å². The lowest BCUT2D eigenvalue weighted by Crippen LogP contribution is -2.00. The zero-order chi connectivity index (χ0) is 14.5. The summed E-state index contributed by atoms with van der Waals surface area (Å²) in [6.07, 6.45) is 1.27. The molecule has 0 radical (unpaired) electrons. The summed E-state index contributed by atoms with van der Waals surface area (Å²) in [5, 5.41) is 10.4. The first kappa shape index (κ1) is 14.5. The molecule has 0 fully saturated rings. The molecule has 0 saturated heterocycles. The van der Waals surface area contributed by atoms with Gasteiger partial charge < -0.3 is 15.5 Å². The van der Waals surface area contributed by atoms with Gasteiger partial charge in [-0.1, -0.05) is 22.0 Å². The van der Waals surface area contributed by atoms with E-state index in [0.717, 1.165) is 21.3 Å². The topological polar surface area (TPSA) is 45.1 Å². The summed E-state index contributed by atoms with van der Waals surface area (Å²) < 4.78 is 19.8. The van der Waals surface area contributed by atoms with Crippen molar-refractivity contribution in [1.82, 2.24) is 0 Å². The highest BCUT2D eigenvalue weighted by Crippen LogP contribution is 2.23. The molecule has 0 aromatic heterocycles. The monoisotopic (exact) mass is 336 g/mol. The molecule has 0 amide bonds. The van der Waals surface area contributed by atoms with Gasteiger partial charge in [-0.3, -0.25) is 0 Å². The van der Waals surface area contributed by atoms with Crippen LogP contribution in [0.2, 0.25) is 0 Å². The van der Waals surface area contributed by atoms with Gasteiger partial charge in [-0.25, -0.2) is 4.39 Å². The molecule has 0 aliphatic heterocycles. The highest BCUT2D eigenvalue weighted by Gasteiger charge is 2.06. The number of benzene rings is 2. The Morgan fingerprint density at radius 1 is 1.30 bits per heavy atom. The largest absolute Gasteiger partial charge is 0.486 e. The Balaban J connectivity index is 2.14. The molecule has 0 aliphatic carbocycles. The van der Waals surface area contributed by atoms with Crippen molar-refractivity contribution < 1.29 is 9.13 Å². The maximum absolute atomic E-state index is 13.5. The Kier molecular flexibility index (Phi) is 4.74. The fourth-order valence-corrected chi connectivity index (χ4v) is 2.14. The van der Waals surface area contributed by atoms with Crippen molar-refractivity contribution in [2.24, 2.45) is 0 Å². The van der Waals surface area contributed by atoms with Crippen LogP contribution in [0.5, 0.6) is 5.75 Å². The van der Waals surface area contributed by atoms with Crippen LogP contribution in [0.3, 0.4) is 0 Å². The van der Waals surface area contributed by atoms with Gasteiger partial charge in [0.1, 0.15) is 6.61 Å². The number of rotatable bonds is 5. The first-order chi connectivity index (χ1) is 9.63. The molecular formula is C15H14BrFN2O. The standard InChI is InChI=1S/C15H14BrFN2O/c1-19-14-5-2-10(6-11(14)8-18)9-20-15-7-12(16)3-4-13(15)17/h2-8,18-19H,9H2,1H3. The molecule has 2 rings (SSSR count). The van der Waals surface area contributed by atoms with Crippen molar-refractivity contribution in [2.45, 2.75) is 6.61 Å². The van der Waals surface area contributed by atoms with Crippen molar-refractivity contribution in [3.63, 3.8) is 0 Å². The van der Waals surface area contributed by atoms with Gasteiger partial charge in [-0.05, 0) is 35.9 Å². The van der Waals surface area contributed by atoms with E-state index in [1.165, 1.54) is 12.3 Å². The van der Waals surface area contributed by atoms with Gasteiger partial charge in [0, 0.05) is 29.0 Å². The second-order valence-electron chi connectivity index (χ2n) is 4.18. The molecule has 2 aromatic rings. The summed E-state index contributed by atoms with van der Waals surface area (Å²) >= 11 is 3.28. The van der Waals surface area contributed by atoms with Gasteiger partial charge in [-0.2, -0.15) is 0 Å². The van der Waals surface area contributed by atoms with E-state index < -0.39 is 5.82 Å². The fourth-order valence-electron chi connectivity index (χ4n) is 1.80. The van der Waals surface area contributed by atoms with Crippen LogP contribution in [0.1, 0.15) is 11.1 Å². The van der Waals surface area contributed by atoms with Crippen LogP contribution in [0, 0.1) is 11.2 Å². The molecule has 20 heavy (non-hydrogen) atoms. The maximum atomic E-state index is 13.5. The van der Waals surface area contributed by atoms with E-state index in [9.17, 15) is 4.39 Å². The zero-order valence-corrected chi connectivity index (χ0v) is 12.5. The molecule has 0 aliphatic rings. The quantitative estimate of drug-likeness (QED) is 0.803. The van der Waals surface area contributed by atoms with E-state index in [0.29, 0.717) is 0 Å². The Morgan fingerprint density at radius 2 is 2.10 bits per heavy atom. The highest BCUT2D eigenvalue weighted by molar-refractivity contribution is 9.10. The Hall–Kier alpha value is -1.88. The van der Waals surface area contributed by atoms with Crippen LogP contribution < -0.4 is 10.1 Å². The van der Waals surface area contributed by atoms with E-state index >= 15 is 0 Å². The average Bonchev–Trinajstić information content (AvgIpc) is 2.47. The van der Waals surface area contributed by atoms with Crippen LogP contribution in [0.15, 0.2) is 40.9 Å².